The molecule has 0 radical (unpaired) electrons. The lowest BCUT2D eigenvalue weighted by molar-refractivity contribution is 0.425. The molecule has 0 saturated heterocycles. The summed E-state index contributed by atoms with van der Waals surface area (Å²) in [6, 6.07) is 9.57. The Balaban J connectivity index is 2.01. The maximum atomic E-state index is 13.3. The Labute approximate surface area is 128 Å². The van der Waals surface area contributed by atoms with E-state index in [4.69, 9.17) is 4.52 Å². The number of hydrogen-bond donors (Lipinski definition) is 1. The molecule has 0 spiro atoms. The molecular formula is C15H10BrFN2O2. The summed E-state index contributed by atoms with van der Waals surface area (Å²) in [5.41, 5.74) is 1.60. The molecule has 0 bridgehead atoms. The van der Waals surface area contributed by atoms with E-state index in [-0.39, 0.29) is 17.5 Å². The molecule has 0 atom stereocenters. The first-order valence-corrected chi connectivity index (χ1v) is 6.93. The summed E-state index contributed by atoms with van der Waals surface area (Å²) in [4.78, 5) is 4.24. The molecule has 21 heavy (non-hydrogen) atoms. The molecule has 3 rings (SSSR count). The first kappa shape index (κ1) is 13.8. The Hall–Kier alpha value is -2.21. The molecule has 1 N–H and O–H groups in total. The van der Waals surface area contributed by atoms with E-state index in [0.717, 1.165) is 4.47 Å². The number of hydrogen-bond acceptors (Lipinski definition) is 4. The topological polar surface area (TPSA) is 59.2 Å². The molecule has 0 aliphatic carbocycles. The van der Waals surface area contributed by atoms with Crippen molar-refractivity contribution in [3.05, 3.63) is 52.3 Å². The minimum atomic E-state index is -0.284. The van der Waals surface area contributed by atoms with Gasteiger partial charge in [-0.05, 0) is 48.9 Å². The molecule has 2 aromatic carbocycles. The van der Waals surface area contributed by atoms with E-state index in [2.05, 4.69) is 26.1 Å². The van der Waals surface area contributed by atoms with Gasteiger partial charge in [-0.1, -0.05) is 21.1 Å². The molecule has 0 saturated carbocycles. The largest absolute Gasteiger partial charge is 0.507 e. The Morgan fingerprint density at radius 2 is 2.00 bits per heavy atom. The summed E-state index contributed by atoms with van der Waals surface area (Å²) in [5.74, 6) is 0.301. The molecule has 0 unspecified atom stereocenters. The number of phenols is 1. The molecule has 4 nitrogen and oxygen atoms in total. The van der Waals surface area contributed by atoms with Crippen LogP contribution >= 0.6 is 15.9 Å². The van der Waals surface area contributed by atoms with E-state index >= 15 is 0 Å². The Bertz CT molecular complexity index is 817. The maximum absolute atomic E-state index is 13.3. The number of benzene rings is 2. The standard InChI is InChI=1S/C15H10BrFN2O2/c1-8-6-9(2-5-12(8)17)14-18-15(21-19-14)11-4-3-10(16)7-13(11)20/h2-7,20H,1H3. The molecular weight excluding hydrogens is 339 g/mol. The van der Waals surface area contributed by atoms with Gasteiger partial charge in [-0.3, -0.25) is 0 Å². The van der Waals surface area contributed by atoms with Crippen molar-refractivity contribution in [1.82, 2.24) is 10.1 Å². The summed E-state index contributed by atoms with van der Waals surface area (Å²) in [6.45, 7) is 1.67. The van der Waals surface area contributed by atoms with Crippen LogP contribution < -0.4 is 0 Å². The molecule has 0 fully saturated rings. The van der Waals surface area contributed by atoms with Gasteiger partial charge >= 0.3 is 0 Å². The number of phenolic OH excluding ortho intramolecular Hbond substituents is 1. The van der Waals surface area contributed by atoms with Crippen LogP contribution in [0.25, 0.3) is 22.8 Å². The van der Waals surface area contributed by atoms with E-state index in [1.807, 2.05) is 0 Å². The third kappa shape index (κ3) is 2.67. The quantitative estimate of drug-likeness (QED) is 0.749. The average Bonchev–Trinajstić information content (AvgIpc) is 2.91. The number of rotatable bonds is 2. The monoisotopic (exact) mass is 348 g/mol. The molecule has 6 heteroatoms. The molecule has 0 amide bonds. The fourth-order valence-electron chi connectivity index (χ4n) is 1.92. The molecule has 3 aromatic rings. The fourth-order valence-corrected chi connectivity index (χ4v) is 2.27. The SMILES string of the molecule is Cc1cc(-c2noc(-c3ccc(Br)cc3O)n2)ccc1F. The minimum Gasteiger partial charge on any atom is -0.507 e. The van der Waals surface area contributed by atoms with Gasteiger partial charge in [-0.15, -0.1) is 0 Å². The number of aromatic hydroxyl groups is 1. The zero-order valence-electron chi connectivity index (χ0n) is 11.0. The van der Waals surface area contributed by atoms with E-state index in [1.165, 1.54) is 6.07 Å². The van der Waals surface area contributed by atoms with E-state index in [0.29, 0.717) is 22.5 Å². The van der Waals surface area contributed by atoms with Crippen LogP contribution in [0.1, 0.15) is 5.56 Å². The van der Waals surface area contributed by atoms with Crippen LogP contribution in [0.15, 0.2) is 45.4 Å². The van der Waals surface area contributed by atoms with Crippen molar-refractivity contribution in [2.45, 2.75) is 6.92 Å². The van der Waals surface area contributed by atoms with Gasteiger partial charge in [-0.2, -0.15) is 4.98 Å². The molecule has 1 aromatic heterocycles. The normalized spacial score (nSPS) is 10.8. The van der Waals surface area contributed by atoms with Gasteiger partial charge in [0.25, 0.3) is 5.89 Å². The van der Waals surface area contributed by atoms with E-state index < -0.39 is 0 Å². The summed E-state index contributed by atoms with van der Waals surface area (Å²) in [5, 5.41) is 13.8. The lowest BCUT2D eigenvalue weighted by Crippen LogP contribution is -1.86. The predicted molar refractivity (Wildman–Crippen MR) is 79.2 cm³/mol. The number of nitrogens with zero attached hydrogens (tertiary/aromatic N) is 2. The highest BCUT2D eigenvalue weighted by atomic mass is 79.9. The molecule has 0 aliphatic rings. The predicted octanol–water partition coefficient (Wildman–Crippen LogP) is 4.32. The van der Waals surface area contributed by atoms with Crippen molar-refractivity contribution in [2.75, 3.05) is 0 Å². The van der Waals surface area contributed by atoms with Gasteiger partial charge < -0.3 is 9.63 Å². The highest BCUT2D eigenvalue weighted by molar-refractivity contribution is 9.10. The number of halogens is 2. The maximum Gasteiger partial charge on any atom is 0.261 e. The summed E-state index contributed by atoms with van der Waals surface area (Å²) < 4.78 is 19.2. The van der Waals surface area contributed by atoms with E-state index in [1.54, 1.807) is 37.3 Å². The second-order valence-electron chi connectivity index (χ2n) is 4.55. The number of aryl methyl sites for hydroxylation is 1. The Morgan fingerprint density at radius 1 is 1.19 bits per heavy atom. The highest BCUT2D eigenvalue weighted by Crippen LogP contribution is 2.31. The minimum absolute atomic E-state index is 0.0369. The van der Waals surface area contributed by atoms with Crippen molar-refractivity contribution >= 4 is 15.9 Å². The second-order valence-corrected chi connectivity index (χ2v) is 5.46. The van der Waals surface area contributed by atoms with Crippen molar-refractivity contribution in [3.63, 3.8) is 0 Å². The third-order valence-corrected chi connectivity index (χ3v) is 3.53. The third-order valence-electron chi connectivity index (χ3n) is 3.03. The summed E-state index contributed by atoms with van der Waals surface area (Å²) >= 11 is 3.26. The smallest absolute Gasteiger partial charge is 0.261 e. The van der Waals surface area contributed by atoms with Crippen molar-refractivity contribution in [2.24, 2.45) is 0 Å². The fraction of sp³-hybridized carbons (Fsp3) is 0.0667. The van der Waals surface area contributed by atoms with Crippen LogP contribution in [-0.2, 0) is 0 Å². The lowest BCUT2D eigenvalue weighted by Gasteiger charge is -1.99. The zero-order valence-corrected chi connectivity index (χ0v) is 12.6. The van der Waals surface area contributed by atoms with Crippen LogP contribution in [0.4, 0.5) is 4.39 Å². The van der Waals surface area contributed by atoms with Crippen LogP contribution in [0.2, 0.25) is 0 Å². The zero-order chi connectivity index (χ0) is 15.0. The summed E-state index contributed by atoms with van der Waals surface area (Å²) in [7, 11) is 0. The second kappa shape index (κ2) is 5.29. The van der Waals surface area contributed by atoms with Gasteiger partial charge in [0, 0.05) is 10.0 Å². The molecule has 106 valence electrons. The van der Waals surface area contributed by atoms with Gasteiger partial charge in [0.1, 0.15) is 11.6 Å². The van der Waals surface area contributed by atoms with Crippen LogP contribution in [0.5, 0.6) is 5.75 Å². The van der Waals surface area contributed by atoms with Gasteiger partial charge in [-0.25, -0.2) is 4.39 Å². The van der Waals surface area contributed by atoms with Gasteiger partial charge in [0.2, 0.25) is 5.82 Å². The van der Waals surface area contributed by atoms with Crippen molar-refractivity contribution < 1.29 is 14.0 Å². The highest BCUT2D eigenvalue weighted by Gasteiger charge is 2.14. The number of aromatic nitrogens is 2. The average molecular weight is 349 g/mol. The Kier molecular flexibility index (Phi) is 3.47. The van der Waals surface area contributed by atoms with Crippen molar-refractivity contribution in [3.8, 4) is 28.6 Å². The van der Waals surface area contributed by atoms with Gasteiger partial charge in [0.05, 0.1) is 5.56 Å². The molecule has 0 aliphatic heterocycles. The van der Waals surface area contributed by atoms with Crippen LogP contribution in [0, 0.1) is 12.7 Å². The van der Waals surface area contributed by atoms with Crippen molar-refractivity contribution in [1.29, 1.82) is 0 Å². The van der Waals surface area contributed by atoms with E-state index in [9.17, 15) is 9.50 Å². The van der Waals surface area contributed by atoms with Crippen LogP contribution in [-0.4, -0.2) is 15.2 Å². The summed E-state index contributed by atoms with van der Waals surface area (Å²) in [6.07, 6.45) is 0. The first-order chi connectivity index (χ1) is 10.0. The lowest BCUT2D eigenvalue weighted by atomic mass is 10.1. The Morgan fingerprint density at radius 3 is 2.71 bits per heavy atom. The molecule has 1 heterocycles. The first-order valence-electron chi connectivity index (χ1n) is 6.14. The van der Waals surface area contributed by atoms with Crippen LogP contribution in [0.3, 0.4) is 0 Å². The van der Waals surface area contributed by atoms with Gasteiger partial charge in [0.15, 0.2) is 0 Å².